The first-order chi connectivity index (χ1) is 13.5. The fourth-order valence-electron chi connectivity index (χ4n) is 2.72. The minimum absolute atomic E-state index is 0.236. The van der Waals surface area contributed by atoms with Crippen LogP contribution in [-0.2, 0) is 4.79 Å². The molecular weight excluding hydrogens is 453 g/mol. The zero-order chi connectivity index (χ0) is 20.1. The van der Waals surface area contributed by atoms with Gasteiger partial charge in [-0.15, -0.1) is 11.8 Å². The van der Waals surface area contributed by atoms with Crippen LogP contribution in [0.2, 0.25) is 0 Å². The average molecular weight is 472 g/mol. The fraction of sp³-hybridized carbons (Fsp3) is 0.316. The molecule has 1 heterocycles. The molecule has 1 saturated heterocycles. The summed E-state index contributed by atoms with van der Waals surface area (Å²) in [6.07, 6.45) is 0. The average Bonchev–Trinajstić information content (AvgIpc) is 3.17. The van der Waals surface area contributed by atoms with E-state index in [1.54, 1.807) is 25.3 Å². The summed E-state index contributed by atoms with van der Waals surface area (Å²) in [5.74, 6) is 0.866. The number of carboxylic acids is 1. The van der Waals surface area contributed by atoms with Crippen molar-refractivity contribution < 1.29 is 28.5 Å². The van der Waals surface area contributed by atoms with Crippen LogP contribution >= 0.6 is 27.7 Å². The summed E-state index contributed by atoms with van der Waals surface area (Å²) in [5, 5.41) is 12.1. The molecule has 1 fully saturated rings. The number of nitrogens with one attached hydrogen (secondary N) is 1. The Balaban J connectivity index is 1.70. The van der Waals surface area contributed by atoms with Crippen molar-refractivity contribution >= 4 is 33.7 Å². The first-order valence-corrected chi connectivity index (χ1v) is 10.3. The second-order valence-corrected chi connectivity index (χ2v) is 8.00. The van der Waals surface area contributed by atoms with Crippen molar-refractivity contribution in [2.45, 2.75) is 11.4 Å². The summed E-state index contributed by atoms with van der Waals surface area (Å²) < 4.78 is 30.7. The summed E-state index contributed by atoms with van der Waals surface area (Å²) in [7, 11) is 1.54. The van der Waals surface area contributed by atoms with E-state index in [2.05, 4.69) is 21.2 Å². The minimum atomic E-state index is -0.882. The van der Waals surface area contributed by atoms with Gasteiger partial charge in [0, 0.05) is 15.8 Å². The molecule has 1 aliphatic rings. The number of hydrogen-bond acceptors (Lipinski definition) is 6. The second-order valence-electron chi connectivity index (χ2n) is 5.95. The van der Waals surface area contributed by atoms with Gasteiger partial charge in [0.1, 0.15) is 30.8 Å². The summed E-state index contributed by atoms with van der Waals surface area (Å²) >= 11 is 4.95. The number of benzene rings is 2. The number of aliphatic carboxylic acids is 1. The van der Waals surface area contributed by atoms with Crippen molar-refractivity contribution in [1.29, 1.82) is 0 Å². The standard InChI is InChI=1S/C19H19BrFNO5S/c1-25-16-9-11(20)8-14(18-22-15(10-28-18)19(23)24)17(16)27-7-6-26-13-4-2-12(21)3-5-13/h2-5,8-9,15,18,22H,6-7,10H2,1H3,(H,23,24). The third-order valence-electron chi connectivity index (χ3n) is 4.04. The Bertz CT molecular complexity index is 836. The number of carbonyl (C=O) groups is 1. The molecule has 2 unspecified atom stereocenters. The van der Waals surface area contributed by atoms with E-state index >= 15 is 0 Å². The fourth-order valence-corrected chi connectivity index (χ4v) is 4.41. The Morgan fingerprint density at radius 2 is 2.00 bits per heavy atom. The van der Waals surface area contributed by atoms with Gasteiger partial charge in [0.15, 0.2) is 11.5 Å². The van der Waals surface area contributed by atoms with E-state index in [1.807, 2.05) is 6.07 Å². The maximum Gasteiger partial charge on any atom is 0.321 e. The van der Waals surface area contributed by atoms with Crippen molar-refractivity contribution in [2.24, 2.45) is 0 Å². The maximum atomic E-state index is 12.9. The van der Waals surface area contributed by atoms with Crippen LogP contribution in [0, 0.1) is 5.82 Å². The zero-order valence-electron chi connectivity index (χ0n) is 15.0. The van der Waals surface area contributed by atoms with Crippen LogP contribution in [0.4, 0.5) is 4.39 Å². The van der Waals surface area contributed by atoms with Crippen molar-refractivity contribution in [3.05, 3.63) is 52.3 Å². The summed E-state index contributed by atoms with van der Waals surface area (Å²) in [6, 6.07) is 8.80. The van der Waals surface area contributed by atoms with Gasteiger partial charge in [0.05, 0.1) is 12.5 Å². The third-order valence-corrected chi connectivity index (χ3v) is 5.75. The Morgan fingerprint density at radius 3 is 2.64 bits per heavy atom. The van der Waals surface area contributed by atoms with Gasteiger partial charge in [-0.3, -0.25) is 10.1 Å². The van der Waals surface area contributed by atoms with Crippen LogP contribution in [0.1, 0.15) is 10.9 Å². The highest BCUT2D eigenvalue weighted by atomic mass is 79.9. The number of halogens is 2. The zero-order valence-corrected chi connectivity index (χ0v) is 17.4. The van der Waals surface area contributed by atoms with Crippen LogP contribution in [0.15, 0.2) is 40.9 Å². The first kappa shape index (κ1) is 20.8. The van der Waals surface area contributed by atoms with Gasteiger partial charge in [-0.05, 0) is 36.4 Å². The van der Waals surface area contributed by atoms with E-state index in [4.69, 9.17) is 14.2 Å². The van der Waals surface area contributed by atoms with E-state index in [0.717, 1.165) is 10.0 Å². The van der Waals surface area contributed by atoms with E-state index in [1.165, 1.54) is 23.9 Å². The molecule has 0 aromatic heterocycles. The SMILES string of the molecule is COc1cc(Br)cc(C2NC(C(=O)O)CS2)c1OCCOc1ccc(F)cc1. The molecule has 2 aromatic carbocycles. The first-order valence-electron chi connectivity index (χ1n) is 8.47. The van der Waals surface area contributed by atoms with Gasteiger partial charge in [-0.25, -0.2) is 4.39 Å². The van der Waals surface area contributed by atoms with Crippen LogP contribution in [0.5, 0.6) is 17.2 Å². The molecule has 6 nitrogen and oxygen atoms in total. The van der Waals surface area contributed by atoms with E-state index in [9.17, 15) is 14.3 Å². The Morgan fingerprint density at radius 1 is 1.29 bits per heavy atom. The monoisotopic (exact) mass is 471 g/mol. The lowest BCUT2D eigenvalue weighted by molar-refractivity contribution is -0.138. The molecule has 2 N–H and O–H groups in total. The normalized spacial score (nSPS) is 18.7. The molecule has 0 spiro atoms. The number of carboxylic acid groups (broad SMARTS) is 1. The van der Waals surface area contributed by atoms with E-state index in [-0.39, 0.29) is 24.4 Å². The highest BCUT2D eigenvalue weighted by molar-refractivity contribution is 9.10. The summed E-state index contributed by atoms with van der Waals surface area (Å²) in [4.78, 5) is 11.2. The van der Waals surface area contributed by atoms with Gasteiger partial charge < -0.3 is 19.3 Å². The number of methoxy groups -OCH3 is 1. The molecule has 1 aliphatic heterocycles. The van der Waals surface area contributed by atoms with Gasteiger partial charge in [0.25, 0.3) is 0 Å². The highest BCUT2D eigenvalue weighted by Crippen LogP contribution is 2.44. The van der Waals surface area contributed by atoms with Crippen molar-refractivity contribution in [3.63, 3.8) is 0 Å². The number of hydrogen-bond donors (Lipinski definition) is 2. The molecule has 28 heavy (non-hydrogen) atoms. The van der Waals surface area contributed by atoms with Crippen LogP contribution in [0.3, 0.4) is 0 Å². The van der Waals surface area contributed by atoms with E-state index < -0.39 is 12.0 Å². The van der Waals surface area contributed by atoms with Crippen LogP contribution < -0.4 is 19.5 Å². The number of ether oxygens (including phenoxy) is 3. The Hall–Kier alpha value is -1.97. The lowest BCUT2D eigenvalue weighted by Crippen LogP contribution is -2.33. The molecule has 150 valence electrons. The third kappa shape index (κ3) is 5.09. The highest BCUT2D eigenvalue weighted by Gasteiger charge is 2.33. The molecular formula is C19H19BrFNO5S. The largest absolute Gasteiger partial charge is 0.493 e. The molecule has 0 bridgehead atoms. The maximum absolute atomic E-state index is 12.9. The molecule has 0 saturated carbocycles. The van der Waals surface area contributed by atoms with Gasteiger partial charge in [0.2, 0.25) is 0 Å². The predicted octanol–water partition coefficient (Wildman–Crippen LogP) is 3.84. The molecule has 0 radical (unpaired) electrons. The number of rotatable bonds is 8. The lowest BCUT2D eigenvalue weighted by Gasteiger charge is -2.20. The summed E-state index contributed by atoms with van der Waals surface area (Å²) in [5.41, 5.74) is 0.793. The van der Waals surface area contributed by atoms with Crippen molar-refractivity contribution in [2.75, 3.05) is 26.1 Å². The molecule has 0 amide bonds. The van der Waals surface area contributed by atoms with Gasteiger partial charge in [-0.2, -0.15) is 0 Å². The van der Waals surface area contributed by atoms with Crippen LogP contribution in [-0.4, -0.2) is 43.2 Å². The van der Waals surface area contributed by atoms with Crippen LogP contribution in [0.25, 0.3) is 0 Å². The quantitative estimate of drug-likeness (QED) is 0.566. The molecule has 0 aliphatic carbocycles. The van der Waals surface area contributed by atoms with Gasteiger partial charge >= 0.3 is 5.97 Å². The second kappa shape index (κ2) is 9.49. The van der Waals surface area contributed by atoms with Crippen molar-refractivity contribution in [3.8, 4) is 17.2 Å². The number of thioether (sulfide) groups is 1. The van der Waals surface area contributed by atoms with Gasteiger partial charge in [-0.1, -0.05) is 15.9 Å². The summed E-state index contributed by atoms with van der Waals surface area (Å²) in [6.45, 7) is 0.495. The molecule has 3 rings (SSSR count). The molecule has 2 aromatic rings. The van der Waals surface area contributed by atoms with E-state index in [0.29, 0.717) is 23.0 Å². The Labute approximate surface area is 174 Å². The predicted molar refractivity (Wildman–Crippen MR) is 108 cm³/mol. The minimum Gasteiger partial charge on any atom is -0.493 e. The smallest absolute Gasteiger partial charge is 0.321 e. The molecule has 9 heteroatoms. The van der Waals surface area contributed by atoms with Crippen molar-refractivity contribution in [1.82, 2.24) is 5.32 Å². The lowest BCUT2D eigenvalue weighted by atomic mass is 10.1. The topological polar surface area (TPSA) is 77.0 Å². The Kier molecular flexibility index (Phi) is 7.03. The molecule has 2 atom stereocenters.